The Labute approximate surface area is 143 Å². The smallest absolute Gasteiger partial charge is 0.336 e. The molecule has 0 saturated carbocycles. The first kappa shape index (κ1) is 19.6. The minimum absolute atomic E-state index is 0.0389. The largest absolute Gasteiger partial charge is 0.423 e. The molecule has 5 nitrogen and oxygen atoms in total. The van der Waals surface area contributed by atoms with Gasteiger partial charge in [-0.2, -0.15) is 0 Å². The molecule has 0 radical (unpaired) electrons. The molecule has 1 aromatic rings. The molecule has 0 amide bonds. The van der Waals surface area contributed by atoms with Gasteiger partial charge in [0.1, 0.15) is 5.75 Å². The molecule has 1 rings (SSSR count). The van der Waals surface area contributed by atoms with Crippen molar-refractivity contribution < 1.29 is 14.5 Å². The highest BCUT2D eigenvalue weighted by molar-refractivity contribution is 5.84. The highest BCUT2D eigenvalue weighted by Gasteiger charge is 2.05. The van der Waals surface area contributed by atoms with Crippen LogP contribution in [0.3, 0.4) is 0 Å². The number of ether oxygens (including phenoxy) is 1. The van der Waals surface area contributed by atoms with E-state index in [0.717, 1.165) is 6.42 Å². The number of rotatable bonds is 11. The molecule has 1 aromatic carbocycles. The minimum Gasteiger partial charge on any atom is -0.423 e. The summed E-state index contributed by atoms with van der Waals surface area (Å²) in [7, 11) is 0. The van der Waals surface area contributed by atoms with E-state index in [9.17, 15) is 14.9 Å². The number of allylic oxidation sites excluding steroid dienone is 3. The zero-order valence-electron chi connectivity index (χ0n) is 14.1. The van der Waals surface area contributed by atoms with Crippen molar-refractivity contribution in [1.29, 1.82) is 0 Å². The van der Waals surface area contributed by atoms with Crippen molar-refractivity contribution in [1.82, 2.24) is 0 Å². The second-order valence-corrected chi connectivity index (χ2v) is 5.52. The molecule has 0 spiro atoms. The predicted octanol–water partition coefficient (Wildman–Crippen LogP) is 5.36. The molecule has 0 unspecified atom stereocenters. The fourth-order valence-electron chi connectivity index (χ4n) is 2.14. The van der Waals surface area contributed by atoms with Gasteiger partial charge in [0.2, 0.25) is 0 Å². The van der Waals surface area contributed by atoms with Gasteiger partial charge < -0.3 is 4.74 Å². The summed E-state index contributed by atoms with van der Waals surface area (Å²) in [6.07, 6.45) is 15.5. The Kier molecular flexibility index (Phi) is 9.85. The molecule has 0 fully saturated rings. The van der Waals surface area contributed by atoms with E-state index in [-0.39, 0.29) is 11.4 Å². The van der Waals surface area contributed by atoms with Crippen LogP contribution in [-0.4, -0.2) is 10.9 Å². The van der Waals surface area contributed by atoms with Gasteiger partial charge in [0.05, 0.1) is 4.92 Å². The number of nitrogens with zero attached hydrogens (tertiary/aromatic N) is 1. The van der Waals surface area contributed by atoms with Gasteiger partial charge in [-0.15, -0.1) is 0 Å². The maximum Gasteiger partial charge on any atom is 0.336 e. The van der Waals surface area contributed by atoms with Crippen LogP contribution in [0.1, 0.15) is 51.9 Å². The first-order chi connectivity index (χ1) is 11.6. The van der Waals surface area contributed by atoms with Crippen LogP contribution in [0.5, 0.6) is 5.75 Å². The molecule has 0 bridgehead atoms. The Balaban J connectivity index is 2.21. The Bertz CT molecular complexity index is 561. The second kappa shape index (κ2) is 12.0. The van der Waals surface area contributed by atoms with Crippen LogP contribution in [0.4, 0.5) is 5.69 Å². The summed E-state index contributed by atoms with van der Waals surface area (Å²) in [6.45, 7) is 2.21. The lowest BCUT2D eigenvalue weighted by Crippen LogP contribution is -2.03. The summed E-state index contributed by atoms with van der Waals surface area (Å²) >= 11 is 0. The summed E-state index contributed by atoms with van der Waals surface area (Å²) in [5.74, 6) is -0.223. The summed E-state index contributed by atoms with van der Waals surface area (Å²) in [6, 6.07) is 5.40. The molecule has 0 saturated heterocycles. The van der Waals surface area contributed by atoms with E-state index in [2.05, 4.69) is 6.92 Å². The molecule has 0 N–H and O–H groups in total. The predicted molar refractivity (Wildman–Crippen MR) is 95.0 cm³/mol. The molecule has 0 atom stereocenters. The molecular weight excluding hydrogens is 306 g/mol. The van der Waals surface area contributed by atoms with Crippen molar-refractivity contribution in [2.24, 2.45) is 0 Å². The van der Waals surface area contributed by atoms with Crippen LogP contribution < -0.4 is 4.74 Å². The molecule has 130 valence electrons. The Morgan fingerprint density at radius 3 is 2.42 bits per heavy atom. The number of hydrogen-bond acceptors (Lipinski definition) is 4. The molecular formula is C19H25NO4. The summed E-state index contributed by atoms with van der Waals surface area (Å²) in [5.41, 5.74) is -0.0389. The maximum absolute atomic E-state index is 11.6. The molecule has 0 heterocycles. The van der Waals surface area contributed by atoms with Gasteiger partial charge in [0.25, 0.3) is 5.69 Å². The molecule has 0 aliphatic rings. The van der Waals surface area contributed by atoms with Gasteiger partial charge in [-0.3, -0.25) is 10.1 Å². The van der Waals surface area contributed by atoms with Crippen molar-refractivity contribution in [3.63, 3.8) is 0 Å². The monoisotopic (exact) mass is 331 g/mol. The summed E-state index contributed by atoms with van der Waals surface area (Å²) < 4.78 is 5.05. The third kappa shape index (κ3) is 8.88. The van der Waals surface area contributed by atoms with Gasteiger partial charge in [0.15, 0.2) is 0 Å². The first-order valence-electron chi connectivity index (χ1n) is 8.43. The van der Waals surface area contributed by atoms with E-state index in [1.54, 1.807) is 6.08 Å². The average molecular weight is 331 g/mol. The lowest BCUT2D eigenvalue weighted by molar-refractivity contribution is -0.384. The maximum atomic E-state index is 11.6. The van der Waals surface area contributed by atoms with Crippen LogP contribution in [-0.2, 0) is 4.79 Å². The topological polar surface area (TPSA) is 69.4 Å². The number of non-ortho nitro benzene ring substituents is 1. The fourth-order valence-corrected chi connectivity index (χ4v) is 2.14. The first-order valence-corrected chi connectivity index (χ1v) is 8.43. The summed E-state index contributed by atoms with van der Waals surface area (Å²) in [5, 5.41) is 10.5. The molecule has 0 aromatic heterocycles. The van der Waals surface area contributed by atoms with Crippen molar-refractivity contribution >= 4 is 11.7 Å². The van der Waals surface area contributed by atoms with Crippen molar-refractivity contribution in [3.8, 4) is 5.75 Å². The lowest BCUT2D eigenvalue weighted by Gasteiger charge is -1.99. The SMILES string of the molecule is CCCCCCCC/C=C/C=C/C(=O)Oc1ccc([N+](=O)[O-])cc1. The number of benzene rings is 1. The second-order valence-electron chi connectivity index (χ2n) is 5.52. The number of hydrogen-bond donors (Lipinski definition) is 0. The molecule has 24 heavy (non-hydrogen) atoms. The average Bonchev–Trinajstić information content (AvgIpc) is 2.57. The standard InChI is InChI=1S/C19H25NO4/c1-2-3-4-5-6-7-8-9-10-11-12-19(21)24-18-15-13-17(14-16-18)20(22)23/h9-16H,2-8H2,1H3/b10-9+,12-11+. The van der Waals surface area contributed by atoms with E-state index >= 15 is 0 Å². The van der Waals surface area contributed by atoms with E-state index in [0.29, 0.717) is 0 Å². The summed E-state index contributed by atoms with van der Waals surface area (Å²) in [4.78, 5) is 21.6. The molecule has 5 heteroatoms. The third-order valence-corrected chi connectivity index (χ3v) is 3.47. The van der Waals surface area contributed by atoms with Gasteiger partial charge in [0, 0.05) is 18.2 Å². The van der Waals surface area contributed by atoms with Gasteiger partial charge in [-0.1, -0.05) is 57.3 Å². The van der Waals surface area contributed by atoms with E-state index in [1.807, 2.05) is 12.2 Å². The number of nitro groups is 1. The number of esters is 1. The lowest BCUT2D eigenvalue weighted by atomic mass is 10.1. The van der Waals surface area contributed by atoms with E-state index in [4.69, 9.17) is 4.74 Å². The minimum atomic E-state index is -0.506. The Morgan fingerprint density at radius 2 is 1.75 bits per heavy atom. The van der Waals surface area contributed by atoms with Crippen LogP contribution in [0.25, 0.3) is 0 Å². The zero-order chi connectivity index (χ0) is 17.6. The van der Waals surface area contributed by atoms with E-state index < -0.39 is 10.9 Å². The van der Waals surface area contributed by atoms with Crippen molar-refractivity contribution in [3.05, 3.63) is 58.7 Å². The van der Waals surface area contributed by atoms with Gasteiger partial charge in [-0.25, -0.2) is 4.79 Å². The van der Waals surface area contributed by atoms with Crippen LogP contribution in [0, 0.1) is 10.1 Å². The molecule has 0 aliphatic heterocycles. The third-order valence-electron chi connectivity index (χ3n) is 3.47. The van der Waals surface area contributed by atoms with E-state index in [1.165, 1.54) is 68.9 Å². The number of nitro benzene ring substituents is 1. The zero-order valence-corrected chi connectivity index (χ0v) is 14.1. The van der Waals surface area contributed by atoms with Crippen LogP contribution in [0.2, 0.25) is 0 Å². The Morgan fingerprint density at radius 1 is 1.08 bits per heavy atom. The quantitative estimate of drug-likeness (QED) is 0.104. The number of carbonyl (C=O) groups excluding carboxylic acids is 1. The van der Waals surface area contributed by atoms with Gasteiger partial charge in [-0.05, 0) is 25.0 Å². The highest BCUT2D eigenvalue weighted by atomic mass is 16.6. The number of carbonyl (C=O) groups is 1. The Hall–Kier alpha value is -2.43. The van der Waals surface area contributed by atoms with Crippen LogP contribution in [0.15, 0.2) is 48.6 Å². The van der Waals surface area contributed by atoms with Crippen molar-refractivity contribution in [2.45, 2.75) is 51.9 Å². The number of unbranched alkanes of at least 4 members (excludes halogenated alkanes) is 6. The highest BCUT2D eigenvalue weighted by Crippen LogP contribution is 2.17. The fraction of sp³-hybridized carbons (Fsp3) is 0.421. The van der Waals surface area contributed by atoms with Gasteiger partial charge >= 0.3 is 5.97 Å². The molecule has 0 aliphatic carbocycles. The van der Waals surface area contributed by atoms with Crippen LogP contribution >= 0.6 is 0 Å². The van der Waals surface area contributed by atoms with Crippen molar-refractivity contribution in [2.75, 3.05) is 0 Å². The normalized spacial score (nSPS) is 11.2.